The maximum Gasteiger partial charge on any atom is 0.416 e. The van der Waals surface area contributed by atoms with Gasteiger partial charge in [-0.05, 0) is 67.4 Å². The summed E-state index contributed by atoms with van der Waals surface area (Å²) >= 11 is 0. The molecule has 0 unspecified atom stereocenters. The number of alkyl halides is 3. The highest BCUT2D eigenvalue weighted by Crippen LogP contribution is 2.51. The van der Waals surface area contributed by atoms with Gasteiger partial charge in [-0.3, -0.25) is 9.78 Å². The van der Waals surface area contributed by atoms with Crippen LogP contribution in [-0.2, 0) is 11.0 Å². The van der Waals surface area contributed by atoms with Gasteiger partial charge in [-0.1, -0.05) is 43.5 Å². The van der Waals surface area contributed by atoms with Crippen molar-refractivity contribution in [2.45, 2.75) is 45.2 Å². The summed E-state index contributed by atoms with van der Waals surface area (Å²) in [4.78, 5) is 17.5. The summed E-state index contributed by atoms with van der Waals surface area (Å²) < 4.78 is 39.2. The fourth-order valence-electron chi connectivity index (χ4n) is 6.48. The van der Waals surface area contributed by atoms with Crippen LogP contribution in [0.15, 0.2) is 53.8 Å². The third kappa shape index (κ3) is 4.65. The van der Waals surface area contributed by atoms with Gasteiger partial charge in [0.2, 0.25) is 5.91 Å². The van der Waals surface area contributed by atoms with Crippen LogP contribution in [0.2, 0.25) is 0 Å². The van der Waals surface area contributed by atoms with Crippen LogP contribution in [-0.4, -0.2) is 28.7 Å². The highest BCUT2D eigenvalue weighted by molar-refractivity contribution is 5.95. The molecule has 35 heavy (non-hydrogen) atoms. The lowest BCUT2D eigenvalue weighted by Gasteiger charge is -2.50. The molecule has 0 saturated heterocycles. The molecule has 1 aliphatic heterocycles. The first kappa shape index (κ1) is 23.8. The molecule has 2 heterocycles. The van der Waals surface area contributed by atoms with Crippen molar-refractivity contribution in [3.63, 3.8) is 0 Å². The van der Waals surface area contributed by atoms with Crippen LogP contribution in [0.3, 0.4) is 0 Å². The van der Waals surface area contributed by atoms with Crippen LogP contribution >= 0.6 is 0 Å². The molecular weight excluding hydrogens is 451 g/mol. The smallest absolute Gasteiger partial charge is 0.273 e. The zero-order valence-electron chi connectivity index (χ0n) is 20.0. The van der Waals surface area contributed by atoms with Crippen LogP contribution < -0.4 is 0 Å². The number of carbonyl (C=O) groups excluding carboxylic acids is 1. The Morgan fingerprint density at radius 2 is 1.89 bits per heavy atom. The molecule has 2 fully saturated rings. The van der Waals surface area contributed by atoms with Gasteiger partial charge in [0.15, 0.2) is 0 Å². The summed E-state index contributed by atoms with van der Waals surface area (Å²) in [5.41, 5.74) is 2.23. The number of amides is 1. The van der Waals surface area contributed by atoms with E-state index in [0.29, 0.717) is 23.0 Å². The molecule has 5 atom stereocenters. The largest absolute Gasteiger partial charge is 0.416 e. The minimum atomic E-state index is -4.38. The zero-order chi connectivity index (χ0) is 24.7. The molecule has 2 aliphatic carbocycles. The van der Waals surface area contributed by atoms with Crippen LogP contribution in [0.5, 0.6) is 0 Å². The van der Waals surface area contributed by atoms with Crippen LogP contribution in [0.4, 0.5) is 13.2 Å². The highest BCUT2D eigenvalue weighted by Gasteiger charge is 2.50. The van der Waals surface area contributed by atoms with Crippen molar-refractivity contribution >= 4 is 17.7 Å². The molecule has 184 valence electrons. The molecule has 2 saturated carbocycles. The lowest BCUT2D eigenvalue weighted by atomic mass is 9.56. The average Bonchev–Trinajstić information content (AvgIpc) is 2.85. The minimum Gasteiger partial charge on any atom is -0.273 e. The number of hydrogen-bond donors (Lipinski definition) is 0. The molecule has 1 aromatic carbocycles. The number of fused-ring (bicyclic) bond motifs is 2. The lowest BCUT2D eigenvalue weighted by Crippen LogP contribution is -2.51. The summed E-state index contributed by atoms with van der Waals surface area (Å²) in [6.07, 6.45) is 7.19. The number of allylic oxidation sites excluding steroid dienone is 1. The SMILES string of the molecule is CC1=NN(C)C(=O)[C@H]2C[C@@H]3CCCC[C@H]3[C@H](/C=C/c3ccc(-c4cccc(C(F)(F)F)c4)cn3)[C@@H]12. The number of pyridine rings is 1. The first-order valence-electron chi connectivity index (χ1n) is 12.4. The maximum absolute atomic E-state index is 13.1. The molecule has 0 N–H and O–H groups in total. The molecule has 7 heteroatoms. The predicted octanol–water partition coefficient (Wildman–Crippen LogP) is 6.69. The number of rotatable bonds is 3. The van der Waals surface area contributed by atoms with E-state index in [1.165, 1.54) is 36.8 Å². The van der Waals surface area contributed by atoms with Crippen molar-refractivity contribution in [2.24, 2.45) is 34.7 Å². The first-order valence-corrected chi connectivity index (χ1v) is 12.4. The Kier molecular flexibility index (Phi) is 6.28. The molecule has 0 bridgehead atoms. The number of carbonyl (C=O) groups is 1. The fraction of sp³-hybridized carbons (Fsp3) is 0.464. The van der Waals surface area contributed by atoms with Gasteiger partial charge in [0.1, 0.15) is 0 Å². The Hall–Kier alpha value is -2.96. The number of hydrogen-bond acceptors (Lipinski definition) is 3. The third-order valence-electron chi connectivity index (χ3n) is 8.09. The van der Waals surface area contributed by atoms with Crippen molar-refractivity contribution < 1.29 is 18.0 Å². The number of aromatic nitrogens is 1. The fourth-order valence-corrected chi connectivity index (χ4v) is 6.48. The summed E-state index contributed by atoms with van der Waals surface area (Å²) in [7, 11) is 1.75. The van der Waals surface area contributed by atoms with Gasteiger partial charge < -0.3 is 0 Å². The van der Waals surface area contributed by atoms with Crippen LogP contribution in [0.1, 0.15) is 50.3 Å². The topological polar surface area (TPSA) is 45.6 Å². The van der Waals surface area contributed by atoms with Crippen molar-refractivity contribution in [1.29, 1.82) is 0 Å². The van der Waals surface area contributed by atoms with Gasteiger partial charge in [-0.25, -0.2) is 5.01 Å². The predicted molar refractivity (Wildman–Crippen MR) is 130 cm³/mol. The second kappa shape index (κ2) is 9.25. The molecular formula is C28H30F3N3O. The maximum atomic E-state index is 13.1. The highest BCUT2D eigenvalue weighted by atomic mass is 19.4. The van der Waals surface area contributed by atoms with E-state index >= 15 is 0 Å². The number of benzene rings is 1. The first-order chi connectivity index (χ1) is 16.7. The Morgan fingerprint density at radius 3 is 2.63 bits per heavy atom. The van der Waals surface area contributed by atoms with Crippen molar-refractivity contribution in [1.82, 2.24) is 9.99 Å². The Bertz CT molecular complexity index is 1150. The van der Waals surface area contributed by atoms with E-state index in [0.717, 1.165) is 30.0 Å². The Balaban J connectivity index is 1.41. The van der Waals surface area contributed by atoms with Gasteiger partial charge in [-0.2, -0.15) is 18.3 Å². The van der Waals surface area contributed by atoms with E-state index in [1.807, 2.05) is 19.1 Å². The summed E-state index contributed by atoms with van der Waals surface area (Å²) in [6, 6.07) is 8.94. The quantitative estimate of drug-likeness (QED) is 0.490. The van der Waals surface area contributed by atoms with Gasteiger partial charge in [0, 0.05) is 36.4 Å². The zero-order valence-corrected chi connectivity index (χ0v) is 20.0. The molecule has 5 rings (SSSR count). The van der Waals surface area contributed by atoms with E-state index in [2.05, 4.69) is 16.2 Å². The second-order valence-corrected chi connectivity index (χ2v) is 10.2. The van der Waals surface area contributed by atoms with Crippen molar-refractivity contribution in [3.8, 4) is 11.1 Å². The summed E-state index contributed by atoms with van der Waals surface area (Å²) in [6.45, 7) is 2.03. The Morgan fingerprint density at radius 1 is 1.09 bits per heavy atom. The third-order valence-corrected chi connectivity index (χ3v) is 8.09. The average molecular weight is 482 g/mol. The van der Waals surface area contributed by atoms with Crippen molar-refractivity contribution in [3.05, 3.63) is 59.9 Å². The summed E-state index contributed by atoms with van der Waals surface area (Å²) in [5.74, 6) is 1.52. The van der Waals surface area contributed by atoms with Crippen LogP contribution in [0, 0.1) is 29.6 Å². The van der Waals surface area contributed by atoms with Gasteiger partial charge >= 0.3 is 6.18 Å². The molecule has 3 aliphatic rings. The second-order valence-electron chi connectivity index (χ2n) is 10.2. The van der Waals surface area contributed by atoms with E-state index in [-0.39, 0.29) is 23.7 Å². The molecule has 2 aromatic rings. The molecule has 0 radical (unpaired) electrons. The van der Waals surface area contributed by atoms with E-state index in [9.17, 15) is 18.0 Å². The van der Waals surface area contributed by atoms with Crippen molar-refractivity contribution in [2.75, 3.05) is 7.05 Å². The molecule has 4 nitrogen and oxygen atoms in total. The standard InChI is InChI=1S/C28H30F3N3O/c1-17-26-24(23-9-4-3-6-19(23)15-25(26)27(35)34(2)33-17)13-12-22-11-10-20(16-32-22)18-7-5-8-21(14-18)28(29,30)31/h5,7-8,10-14,16,19,23-26H,3-4,6,9,15H2,1-2H3/b13-12+/t19-,23+,24-,25-,26+/m0/s1. The number of halogens is 3. The van der Waals surface area contributed by atoms with Gasteiger partial charge in [0.05, 0.1) is 11.3 Å². The lowest BCUT2D eigenvalue weighted by molar-refractivity contribution is -0.140. The monoisotopic (exact) mass is 481 g/mol. The van der Waals surface area contributed by atoms with E-state index in [4.69, 9.17) is 0 Å². The Labute approximate surface area is 203 Å². The normalized spacial score (nSPS) is 29.1. The van der Waals surface area contributed by atoms with Gasteiger partial charge in [0.25, 0.3) is 0 Å². The van der Waals surface area contributed by atoms with E-state index < -0.39 is 11.7 Å². The van der Waals surface area contributed by atoms with E-state index in [1.54, 1.807) is 25.4 Å². The minimum absolute atomic E-state index is 0.0252. The van der Waals surface area contributed by atoms with Crippen LogP contribution in [0.25, 0.3) is 17.2 Å². The molecule has 1 amide bonds. The molecule has 0 spiro atoms. The number of hydrazone groups is 1. The number of nitrogens with zero attached hydrogens (tertiary/aromatic N) is 3. The van der Waals surface area contributed by atoms with Gasteiger partial charge in [-0.15, -0.1) is 0 Å². The molecule has 1 aromatic heterocycles. The summed E-state index contributed by atoms with van der Waals surface area (Å²) in [5, 5.41) is 6.04.